The number of carbonyl (C=O) groups is 1. The van der Waals surface area contributed by atoms with Crippen molar-refractivity contribution in [3.8, 4) is 0 Å². The maximum Gasteiger partial charge on any atom is 0.407 e. The minimum absolute atomic E-state index is 0.129. The monoisotopic (exact) mass is 217 g/mol. The Bertz CT molecular complexity index is 196. The van der Waals surface area contributed by atoms with Gasteiger partial charge in [0.05, 0.1) is 6.61 Å². The van der Waals surface area contributed by atoms with Crippen LogP contribution in [0, 0.1) is 5.92 Å². The predicted molar refractivity (Wildman–Crippen MR) is 59.7 cm³/mol. The summed E-state index contributed by atoms with van der Waals surface area (Å²) in [5, 5.41) is 11.7. The molecule has 0 aliphatic carbocycles. The van der Waals surface area contributed by atoms with Gasteiger partial charge in [-0.2, -0.15) is 0 Å². The van der Waals surface area contributed by atoms with Crippen LogP contribution in [0.3, 0.4) is 0 Å². The number of alkyl carbamates (subject to hydrolysis) is 1. The Labute approximate surface area is 92.0 Å². The van der Waals surface area contributed by atoms with E-state index in [1.807, 2.05) is 34.6 Å². The molecule has 0 bridgehead atoms. The van der Waals surface area contributed by atoms with Gasteiger partial charge in [-0.3, -0.25) is 0 Å². The molecule has 0 aliphatic heterocycles. The number of nitrogens with one attached hydrogen (secondary N) is 1. The summed E-state index contributed by atoms with van der Waals surface area (Å²) in [6, 6.07) is 0. The first-order chi connectivity index (χ1) is 6.74. The van der Waals surface area contributed by atoms with Crippen molar-refractivity contribution in [1.29, 1.82) is 0 Å². The van der Waals surface area contributed by atoms with Gasteiger partial charge in [0, 0.05) is 5.54 Å². The van der Waals surface area contributed by atoms with E-state index < -0.39 is 12.2 Å². The van der Waals surface area contributed by atoms with Gasteiger partial charge >= 0.3 is 6.09 Å². The molecule has 15 heavy (non-hydrogen) atoms. The highest BCUT2D eigenvalue weighted by Crippen LogP contribution is 2.09. The van der Waals surface area contributed by atoms with Crippen LogP contribution in [0.1, 0.15) is 41.0 Å². The molecule has 1 atom stereocenters. The molecule has 0 heterocycles. The summed E-state index contributed by atoms with van der Waals surface area (Å²) in [6.45, 7) is 9.55. The van der Waals surface area contributed by atoms with Crippen molar-refractivity contribution < 1.29 is 14.6 Å². The molecule has 0 saturated heterocycles. The smallest absolute Gasteiger partial charge is 0.407 e. The fourth-order valence-corrected chi connectivity index (χ4v) is 1.17. The third-order valence-electron chi connectivity index (χ3n) is 1.69. The SMILES string of the molecule is CC(C)C[C@H](CO)OC(=O)NC(C)(C)C. The van der Waals surface area contributed by atoms with Gasteiger partial charge in [-0.15, -0.1) is 0 Å². The second-order valence-corrected chi connectivity index (χ2v) is 5.21. The second-order valence-electron chi connectivity index (χ2n) is 5.21. The van der Waals surface area contributed by atoms with Gasteiger partial charge in [0.2, 0.25) is 0 Å². The summed E-state index contributed by atoms with van der Waals surface area (Å²) in [5.74, 6) is 0.393. The lowest BCUT2D eigenvalue weighted by Gasteiger charge is -2.23. The topological polar surface area (TPSA) is 58.6 Å². The van der Waals surface area contributed by atoms with E-state index in [-0.39, 0.29) is 12.1 Å². The summed E-state index contributed by atoms with van der Waals surface area (Å²) < 4.78 is 5.09. The molecule has 0 fully saturated rings. The normalized spacial score (nSPS) is 13.8. The average Bonchev–Trinajstić information content (AvgIpc) is 1.98. The first kappa shape index (κ1) is 14.2. The Morgan fingerprint density at radius 2 is 1.93 bits per heavy atom. The molecular weight excluding hydrogens is 194 g/mol. The molecule has 1 amide bonds. The lowest BCUT2D eigenvalue weighted by molar-refractivity contribution is 0.0422. The van der Waals surface area contributed by atoms with E-state index in [1.54, 1.807) is 0 Å². The first-order valence-corrected chi connectivity index (χ1v) is 5.34. The van der Waals surface area contributed by atoms with Crippen molar-refractivity contribution in [3.05, 3.63) is 0 Å². The molecule has 0 unspecified atom stereocenters. The molecule has 4 heteroatoms. The molecule has 0 aromatic rings. The van der Waals surface area contributed by atoms with Crippen LogP contribution in [0.4, 0.5) is 4.79 Å². The van der Waals surface area contributed by atoms with E-state index in [1.165, 1.54) is 0 Å². The number of ether oxygens (including phenoxy) is 1. The Morgan fingerprint density at radius 1 is 1.40 bits per heavy atom. The molecular formula is C11H23NO3. The highest BCUT2D eigenvalue weighted by atomic mass is 16.6. The molecule has 0 rings (SSSR count). The molecule has 0 aliphatic rings. The second kappa shape index (κ2) is 5.95. The van der Waals surface area contributed by atoms with Crippen LogP contribution >= 0.6 is 0 Å². The zero-order valence-corrected chi connectivity index (χ0v) is 10.3. The molecule has 0 aromatic heterocycles. The third-order valence-corrected chi connectivity index (χ3v) is 1.69. The summed E-state index contributed by atoms with van der Waals surface area (Å²) in [7, 11) is 0. The number of rotatable bonds is 4. The predicted octanol–water partition coefficient (Wildman–Crippen LogP) is 1.92. The fourth-order valence-electron chi connectivity index (χ4n) is 1.17. The van der Waals surface area contributed by atoms with Gasteiger partial charge in [-0.25, -0.2) is 4.79 Å². The van der Waals surface area contributed by atoms with Crippen molar-refractivity contribution in [1.82, 2.24) is 5.32 Å². The van der Waals surface area contributed by atoms with Gasteiger partial charge in [-0.1, -0.05) is 13.8 Å². The standard InChI is InChI=1S/C11H23NO3/c1-8(2)6-9(7-13)15-10(14)12-11(3,4)5/h8-9,13H,6-7H2,1-5H3,(H,12,14)/t9-/m1/s1. The lowest BCUT2D eigenvalue weighted by Crippen LogP contribution is -2.42. The fraction of sp³-hybridized carbons (Fsp3) is 0.909. The molecule has 0 radical (unpaired) electrons. The van der Waals surface area contributed by atoms with Gasteiger partial charge in [-0.05, 0) is 33.1 Å². The van der Waals surface area contributed by atoms with E-state index in [0.29, 0.717) is 12.3 Å². The van der Waals surface area contributed by atoms with Crippen LogP contribution in [0.15, 0.2) is 0 Å². The Balaban J connectivity index is 4.02. The summed E-state index contributed by atoms with van der Waals surface area (Å²) in [6.07, 6.45) is -0.205. The number of carbonyl (C=O) groups excluding carboxylic acids is 1. The van der Waals surface area contributed by atoms with Crippen molar-refractivity contribution >= 4 is 6.09 Å². The Morgan fingerprint density at radius 3 is 2.27 bits per heavy atom. The van der Waals surface area contributed by atoms with Gasteiger partial charge in [0.1, 0.15) is 6.10 Å². The molecule has 2 N–H and O–H groups in total. The summed E-state index contributed by atoms with van der Waals surface area (Å²) >= 11 is 0. The summed E-state index contributed by atoms with van der Waals surface area (Å²) in [4.78, 5) is 11.4. The van der Waals surface area contributed by atoms with Crippen molar-refractivity contribution in [2.45, 2.75) is 52.7 Å². The molecule has 90 valence electrons. The number of hydrogen-bond donors (Lipinski definition) is 2. The van der Waals surface area contributed by atoms with Crippen LogP contribution in [-0.2, 0) is 4.74 Å². The number of hydrogen-bond acceptors (Lipinski definition) is 3. The minimum atomic E-state index is -0.470. The van der Waals surface area contributed by atoms with Crippen molar-refractivity contribution in [2.24, 2.45) is 5.92 Å². The van der Waals surface area contributed by atoms with Crippen molar-refractivity contribution in [2.75, 3.05) is 6.61 Å². The van der Waals surface area contributed by atoms with Gasteiger partial charge in [0.15, 0.2) is 0 Å². The zero-order chi connectivity index (χ0) is 12.1. The minimum Gasteiger partial charge on any atom is -0.444 e. The average molecular weight is 217 g/mol. The molecule has 0 saturated carbocycles. The van der Waals surface area contributed by atoms with Crippen LogP contribution in [0.5, 0.6) is 0 Å². The lowest BCUT2D eigenvalue weighted by atomic mass is 10.1. The third kappa shape index (κ3) is 8.24. The zero-order valence-electron chi connectivity index (χ0n) is 10.3. The van der Waals surface area contributed by atoms with E-state index in [4.69, 9.17) is 9.84 Å². The maximum atomic E-state index is 11.4. The quantitative estimate of drug-likeness (QED) is 0.756. The van der Waals surface area contributed by atoms with Crippen LogP contribution in [0.25, 0.3) is 0 Å². The van der Waals surface area contributed by atoms with E-state index in [2.05, 4.69) is 5.32 Å². The summed E-state index contributed by atoms with van der Waals surface area (Å²) in [5.41, 5.74) is -0.311. The van der Waals surface area contributed by atoms with Gasteiger partial charge < -0.3 is 15.2 Å². The van der Waals surface area contributed by atoms with Crippen molar-refractivity contribution in [3.63, 3.8) is 0 Å². The van der Waals surface area contributed by atoms with Gasteiger partial charge in [0.25, 0.3) is 0 Å². The molecule has 0 spiro atoms. The highest BCUT2D eigenvalue weighted by Gasteiger charge is 2.19. The van der Waals surface area contributed by atoms with Crippen LogP contribution in [-0.4, -0.2) is 29.4 Å². The first-order valence-electron chi connectivity index (χ1n) is 5.34. The molecule has 0 aromatic carbocycles. The largest absolute Gasteiger partial charge is 0.444 e. The van der Waals surface area contributed by atoms with E-state index in [9.17, 15) is 4.79 Å². The van der Waals surface area contributed by atoms with E-state index in [0.717, 1.165) is 0 Å². The number of aliphatic hydroxyl groups is 1. The Hall–Kier alpha value is -0.770. The number of aliphatic hydroxyl groups excluding tert-OH is 1. The molecule has 4 nitrogen and oxygen atoms in total. The Kier molecular flexibility index (Phi) is 5.65. The van der Waals surface area contributed by atoms with E-state index >= 15 is 0 Å². The number of amides is 1. The maximum absolute atomic E-state index is 11.4. The van der Waals surface area contributed by atoms with Crippen LogP contribution in [0.2, 0.25) is 0 Å². The van der Waals surface area contributed by atoms with Crippen LogP contribution < -0.4 is 5.32 Å². The highest BCUT2D eigenvalue weighted by molar-refractivity contribution is 5.68.